The Morgan fingerprint density at radius 2 is 1.37 bits per heavy atom. The van der Waals surface area contributed by atoms with Crippen LogP contribution in [0, 0.1) is 0 Å². The van der Waals surface area contributed by atoms with Crippen LogP contribution in [0.15, 0.2) is 42.5 Å². The van der Waals surface area contributed by atoms with Crippen molar-refractivity contribution in [2.45, 2.75) is 5.92 Å². The Hall–Kier alpha value is -1.38. The van der Waals surface area contributed by atoms with E-state index in [-0.39, 0.29) is 0 Å². The minimum absolute atomic E-state index is 0.422. The minimum atomic E-state index is 0.422. The first kappa shape index (κ1) is 12.6. The highest BCUT2D eigenvalue weighted by Gasteiger charge is 2.17. The summed E-state index contributed by atoms with van der Waals surface area (Å²) in [5.41, 5.74) is 3.34. The van der Waals surface area contributed by atoms with E-state index < -0.39 is 0 Å². The van der Waals surface area contributed by atoms with Crippen molar-refractivity contribution in [3.05, 3.63) is 58.1 Å². The molecule has 0 atom stereocenters. The molecule has 0 aromatic heterocycles. The predicted molar refractivity (Wildman–Crippen MR) is 82.6 cm³/mol. The Balaban J connectivity index is 1.85. The van der Waals surface area contributed by atoms with E-state index in [1.54, 1.807) is 0 Å². The van der Waals surface area contributed by atoms with Crippen LogP contribution in [-0.4, -0.2) is 13.1 Å². The van der Waals surface area contributed by atoms with Gasteiger partial charge < -0.3 is 10.6 Å². The second-order valence-electron chi connectivity index (χ2n) is 4.68. The van der Waals surface area contributed by atoms with E-state index in [1.165, 1.54) is 5.56 Å². The fourth-order valence-corrected chi connectivity index (χ4v) is 2.67. The second kappa shape index (κ2) is 5.32. The molecule has 0 amide bonds. The van der Waals surface area contributed by atoms with Crippen LogP contribution in [0.4, 0.5) is 11.4 Å². The standard InChI is InChI=1S/C15H14Cl2N2/c16-12-6-14-15(7-13(12)17)19-9-11(8-18-14)10-4-2-1-3-5-10/h1-7,11,18-19H,8-9H2. The Bertz CT molecular complexity index is 551. The zero-order valence-corrected chi connectivity index (χ0v) is 11.8. The van der Waals surface area contributed by atoms with Crippen LogP contribution in [0.25, 0.3) is 0 Å². The number of anilines is 2. The molecule has 2 N–H and O–H groups in total. The van der Waals surface area contributed by atoms with Gasteiger partial charge in [0.25, 0.3) is 0 Å². The van der Waals surface area contributed by atoms with Crippen molar-refractivity contribution in [1.82, 2.24) is 0 Å². The van der Waals surface area contributed by atoms with Gasteiger partial charge in [0.2, 0.25) is 0 Å². The predicted octanol–water partition coefficient (Wildman–Crippen LogP) is 4.61. The molecule has 0 fully saturated rings. The summed E-state index contributed by atoms with van der Waals surface area (Å²) in [6, 6.07) is 14.2. The van der Waals surface area contributed by atoms with Gasteiger partial charge in [-0.25, -0.2) is 0 Å². The summed E-state index contributed by atoms with van der Waals surface area (Å²) in [7, 11) is 0. The molecular formula is C15H14Cl2N2. The van der Waals surface area contributed by atoms with E-state index in [9.17, 15) is 0 Å². The molecule has 0 bridgehead atoms. The van der Waals surface area contributed by atoms with Crippen LogP contribution in [0.1, 0.15) is 11.5 Å². The highest BCUT2D eigenvalue weighted by atomic mass is 35.5. The van der Waals surface area contributed by atoms with Gasteiger partial charge in [0.1, 0.15) is 0 Å². The normalized spacial score (nSPS) is 15.1. The van der Waals surface area contributed by atoms with Crippen molar-refractivity contribution in [3.8, 4) is 0 Å². The van der Waals surface area contributed by atoms with Crippen molar-refractivity contribution in [1.29, 1.82) is 0 Å². The highest BCUT2D eigenvalue weighted by Crippen LogP contribution is 2.35. The molecule has 0 saturated heterocycles. The van der Waals surface area contributed by atoms with Crippen LogP contribution in [-0.2, 0) is 0 Å². The molecule has 0 spiro atoms. The van der Waals surface area contributed by atoms with E-state index in [1.807, 2.05) is 18.2 Å². The molecule has 98 valence electrons. The summed E-state index contributed by atoms with van der Waals surface area (Å²) in [5.74, 6) is 0.422. The number of nitrogens with one attached hydrogen (secondary N) is 2. The smallest absolute Gasteiger partial charge is 0.0614 e. The van der Waals surface area contributed by atoms with Crippen LogP contribution in [0.5, 0.6) is 0 Å². The number of hydrogen-bond donors (Lipinski definition) is 2. The van der Waals surface area contributed by atoms with Crippen molar-refractivity contribution in [2.75, 3.05) is 23.7 Å². The molecule has 3 rings (SSSR count). The molecule has 0 radical (unpaired) electrons. The second-order valence-corrected chi connectivity index (χ2v) is 5.50. The molecule has 0 saturated carbocycles. The van der Waals surface area contributed by atoms with Gasteiger partial charge in [0.05, 0.1) is 21.4 Å². The van der Waals surface area contributed by atoms with Crippen molar-refractivity contribution >= 4 is 34.6 Å². The monoisotopic (exact) mass is 292 g/mol. The van der Waals surface area contributed by atoms with E-state index in [0.717, 1.165) is 24.5 Å². The number of fused-ring (bicyclic) bond motifs is 1. The maximum Gasteiger partial charge on any atom is 0.0614 e. The maximum atomic E-state index is 6.05. The SMILES string of the molecule is Clc1cc2c(cc1Cl)NCC(c1ccccc1)CN2. The molecular weight excluding hydrogens is 279 g/mol. The maximum absolute atomic E-state index is 6.05. The van der Waals surface area contributed by atoms with Crippen molar-refractivity contribution < 1.29 is 0 Å². The topological polar surface area (TPSA) is 24.1 Å². The van der Waals surface area contributed by atoms with Crippen molar-refractivity contribution in [2.24, 2.45) is 0 Å². The summed E-state index contributed by atoms with van der Waals surface area (Å²) in [5, 5.41) is 8.03. The summed E-state index contributed by atoms with van der Waals surface area (Å²) in [6.07, 6.45) is 0. The molecule has 1 aliphatic rings. The Morgan fingerprint density at radius 1 is 0.842 bits per heavy atom. The zero-order valence-electron chi connectivity index (χ0n) is 10.3. The van der Waals surface area contributed by atoms with Crippen LogP contribution >= 0.6 is 23.2 Å². The molecule has 19 heavy (non-hydrogen) atoms. The minimum Gasteiger partial charge on any atom is -0.383 e. The quantitative estimate of drug-likeness (QED) is 0.802. The largest absolute Gasteiger partial charge is 0.383 e. The lowest BCUT2D eigenvalue weighted by atomic mass is 9.99. The summed E-state index contributed by atoms with van der Waals surface area (Å²) >= 11 is 12.1. The third-order valence-electron chi connectivity index (χ3n) is 3.41. The molecule has 1 aliphatic heterocycles. The van der Waals surface area contributed by atoms with Crippen LogP contribution in [0.2, 0.25) is 10.0 Å². The summed E-state index contributed by atoms with van der Waals surface area (Å²) < 4.78 is 0. The molecule has 0 unspecified atom stereocenters. The fraction of sp³-hybridized carbons (Fsp3) is 0.200. The van der Waals surface area contributed by atoms with E-state index in [0.29, 0.717) is 16.0 Å². The summed E-state index contributed by atoms with van der Waals surface area (Å²) in [6.45, 7) is 1.75. The van der Waals surface area contributed by atoms with E-state index >= 15 is 0 Å². The molecule has 4 heteroatoms. The van der Waals surface area contributed by atoms with Gasteiger partial charge in [-0.2, -0.15) is 0 Å². The Morgan fingerprint density at radius 3 is 1.89 bits per heavy atom. The third-order valence-corrected chi connectivity index (χ3v) is 4.13. The fourth-order valence-electron chi connectivity index (χ4n) is 2.34. The van der Waals surface area contributed by atoms with Gasteiger partial charge >= 0.3 is 0 Å². The van der Waals surface area contributed by atoms with Gasteiger partial charge in [0, 0.05) is 19.0 Å². The zero-order chi connectivity index (χ0) is 13.2. The number of halogens is 2. The van der Waals surface area contributed by atoms with Gasteiger partial charge in [-0.15, -0.1) is 0 Å². The lowest BCUT2D eigenvalue weighted by molar-refractivity contribution is 0.767. The molecule has 2 aromatic rings. The lowest BCUT2D eigenvalue weighted by Crippen LogP contribution is -2.16. The average molecular weight is 293 g/mol. The number of benzene rings is 2. The molecule has 1 heterocycles. The van der Waals surface area contributed by atoms with Gasteiger partial charge in [-0.05, 0) is 17.7 Å². The molecule has 2 nitrogen and oxygen atoms in total. The Labute approximate surface area is 122 Å². The first-order chi connectivity index (χ1) is 9.24. The highest BCUT2D eigenvalue weighted by molar-refractivity contribution is 6.42. The van der Waals surface area contributed by atoms with Crippen LogP contribution in [0.3, 0.4) is 0 Å². The van der Waals surface area contributed by atoms with Gasteiger partial charge in [-0.3, -0.25) is 0 Å². The van der Waals surface area contributed by atoms with Crippen molar-refractivity contribution in [3.63, 3.8) is 0 Å². The summed E-state index contributed by atoms with van der Waals surface area (Å²) in [4.78, 5) is 0. The van der Waals surface area contributed by atoms with Gasteiger partial charge in [-0.1, -0.05) is 53.5 Å². The van der Waals surface area contributed by atoms with Crippen LogP contribution < -0.4 is 10.6 Å². The average Bonchev–Trinajstić information content (AvgIpc) is 2.63. The van der Waals surface area contributed by atoms with E-state index in [4.69, 9.17) is 23.2 Å². The number of hydrogen-bond acceptors (Lipinski definition) is 2. The molecule has 0 aliphatic carbocycles. The van der Waals surface area contributed by atoms with E-state index in [2.05, 4.69) is 34.9 Å². The van der Waals surface area contributed by atoms with Gasteiger partial charge in [0.15, 0.2) is 0 Å². The first-order valence-corrected chi connectivity index (χ1v) is 7.01. The lowest BCUT2D eigenvalue weighted by Gasteiger charge is -2.14. The first-order valence-electron chi connectivity index (χ1n) is 6.26. The molecule has 2 aromatic carbocycles. The third kappa shape index (κ3) is 2.65. The number of rotatable bonds is 1. The Kier molecular flexibility index (Phi) is 3.54.